The van der Waals surface area contributed by atoms with Gasteiger partial charge in [0.25, 0.3) is 0 Å². The van der Waals surface area contributed by atoms with Crippen LogP contribution in [0.15, 0.2) is 24.5 Å². The van der Waals surface area contributed by atoms with E-state index in [1.165, 1.54) is 30.1 Å². The van der Waals surface area contributed by atoms with Crippen molar-refractivity contribution in [3.63, 3.8) is 0 Å². The molecule has 1 aromatic heterocycles. The van der Waals surface area contributed by atoms with Crippen LogP contribution >= 0.6 is 0 Å². The van der Waals surface area contributed by atoms with E-state index in [2.05, 4.69) is 24.0 Å². The van der Waals surface area contributed by atoms with Gasteiger partial charge in [0.2, 0.25) is 0 Å². The van der Waals surface area contributed by atoms with E-state index in [1.807, 2.05) is 12.4 Å². The number of hydrogen-bond acceptors (Lipinski definition) is 2. The number of nitrogens with zero attached hydrogens (tertiary/aromatic N) is 1. The molecule has 0 saturated heterocycles. The molecule has 1 aromatic rings. The van der Waals surface area contributed by atoms with Gasteiger partial charge in [0.05, 0.1) is 0 Å². The molecule has 0 spiro atoms. The Balaban J connectivity index is 1.96. The van der Waals surface area contributed by atoms with Crippen molar-refractivity contribution in [2.45, 2.75) is 43.5 Å². The first-order valence-electron chi connectivity index (χ1n) is 6.08. The SMILES string of the molecule is CCO[C@@H]1CCCC[C@H]1[Se]c1ccncc1. The quantitative estimate of drug-likeness (QED) is 0.791. The standard InChI is InChI=1S/C13H19NOSe/c1-2-15-12-5-3-4-6-13(12)16-11-7-9-14-10-8-11/h7-10,12-13H,2-6H2,1H3/t12-,13-/m1/s1. The van der Waals surface area contributed by atoms with Crippen LogP contribution in [0, 0.1) is 0 Å². The average molecular weight is 284 g/mol. The van der Waals surface area contributed by atoms with Crippen LogP contribution in [0.5, 0.6) is 0 Å². The van der Waals surface area contributed by atoms with Crippen LogP contribution in [0.2, 0.25) is 4.82 Å². The van der Waals surface area contributed by atoms with Crippen molar-refractivity contribution in [1.29, 1.82) is 0 Å². The molecule has 0 amide bonds. The Morgan fingerprint density at radius 3 is 2.81 bits per heavy atom. The Bertz CT molecular complexity index is 302. The first-order valence-corrected chi connectivity index (χ1v) is 7.93. The van der Waals surface area contributed by atoms with E-state index in [9.17, 15) is 0 Å². The van der Waals surface area contributed by atoms with Crippen molar-refractivity contribution in [1.82, 2.24) is 4.98 Å². The van der Waals surface area contributed by atoms with Gasteiger partial charge in [-0.3, -0.25) is 0 Å². The van der Waals surface area contributed by atoms with Crippen molar-refractivity contribution in [2.24, 2.45) is 0 Å². The first kappa shape index (κ1) is 12.1. The molecule has 16 heavy (non-hydrogen) atoms. The molecule has 0 bridgehead atoms. The molecule has 0 N–H and O–H groups in total. The summed E-state index contributed by atoms with van der Waals surface area (Å²) in [6.45, 7) is 2.96. The molecule has 2 rings (SSSR count). The van der Waals surface area contributed by atoms with Crippen LogP contribution in [0.1, 0.15) is 32.6 Å². The molecule has 1 saturated carbocycles. The first-order chi connectivity index (χ1) is 7.90. The van der Waals surface area contributed by atoms with Crippen molar-refractivity contribution in [3.8, 4) is 0 Å². The van der Waals surface area contributed by atoms with Crippen molar-refractivity contribution in [3.05, 3.63) is 24.5 Å². The van der Waals surface area contributed by atoms with Crippen LogP contribution in [-0.2, 0) is 4.74 Å². The van der Waals surface area contributed by atoms with Gasteiger partial charge in [-0.25, -0.2) is 0 Å². The van der Waals surface area contributed by atoms with E-state index in [0.717, 1.165) is 11.4 Å². The molecular formula is C13H19NOSe. The van der Waals surface area contributed by atoms with Gasteiger partial charge >= 0.3 is 104 Å². The third-order valence-electron chi connectivity index (χ3n) is 2.96. The summed E-state index contributed by atoms with van der Waals surface area (Å²) >= 11 is 0.545. The van der Waals surface area contributed by atoms with E-state index in [1.54, 1.807) is 0 Å². The zero-order valence-corrected chi connectivity index (χ0v) is 11.5. The fraction of sp³-hybridized carbons (Fsp3) is 0.615. The monoisotopic (exact) mass is 285 g/mol. The van der Waals surface area contributed by atoms with Crippen LogP contribution < -0.4 is 4.46 Å². The third kappa shape index (κ3) is 3.31. The summed E-state index contributed by atoms with van der Waals surface area (Å²) in [5, 5.41) is 0. The molecule has 0 radical (unpaired) electrons. The van der Waals surface area contributed by atoms with Gasteiger partial charge in [-0.05, 0) is 0 Å². The summed E-state index contributed by atoms with van der Waals surface area (Å²) in [4.78, 5) is 4.84. The van der Waals surface area contributed by atoms with Gasteiger partial charge in [-0.2, -0.15) is 0 Å². The number of rotatable bonds is 4. The summed E-state index contributed by atoms with van der Waals surface area (Å²) in [7, 11) is 0. The zero-order chi connectivity index (χ0) is 11.2. The average Bonchev–Trinajstić information content (AvgIpc) is 2.33. The second kappa shape index (κ2) is 6.39. The Labute approximate surface area is 104 Å². The fourth-order valence-electron chi connectivity index (χ4n) is 2.19. The molecule has 0 unspecified atom stereocenters. The molecule has 88 valence electrons. The van der Waals surface area contributed by atoms with Gasteiger partial charge in [0.15, 0.2) is 0 Å². The molecule has 1 aliphatic rings. The molecular weight excluding hydrogens is 265 g/mol. The summed E-state index contributed by atoms with van der Waals surface area (Å²) in [6, 6.07) is 4.30. The number of aromatic nitrogens is 1. The second-order valence-electron chi connectivity index (χ2n) is 4.12. The predicted octanol–water partition coefficient (Wildman–Crippen LogP) is 2.18. The molecule has 1 aliphatic carbocycles. The summed E-state index contributed by atoms with van der Waals surface area (Å²) in [5.74, 6) is 0. The molecule has 3 heteroatoms. The second-order valence-corrected chi connectivity index (χ2v) is 6.87. The molecule has 0 aliphatic heterocycles. The summed E-state index contributed by atoms with van der Waals surface area (Å²) in [5.41, 5.74) is 0. The van der Waals surface area contributed by atoms with Gasteiger partial charge in [-0.15, -0.1) is 0 Å². The van der Waals surface area contributed by atoms with Crippen molar-refractivity contribution >= 4 is 19.4 Å². The third-order valence-corrected chi connectivity index (χ3v) is 5.87. The van der Waals surface area contributed by atoms with Gasteiger partial charge in [0.1, 0.15) is 0 Å². The Morgan fingerprint density at radius 1 is 1.31 bits per heavy atom. The van der Waals surface area contributed by atoms with Crippen LogP contribution in [0.25, 0.3) is 0 Å². The van der Waals surface area contributed by atoms with E-state index < -0.39 is 0 Å². The number of ether oxygens (including phenoxy) is 1. The number of pyridine rings is 1. The molecule has 2 nitrogen and oxygen atoms in total. The topological polar surface area (TPSA) is 22.1 Å². The van der Waals surface area contributed by atoms with E-state index in [4.69, 9.17) is 4.74 Å². The zero-order valence-electron chi connectivity index (χ0n) is 9.76. The van der Waals surface area contributed by atoms with Crippen LogP contribution in [0.3, 0.4) is 0 Å². The summed E-state index contributed by atoms with van der Waals surface area (Å²) in [6.07, 6.45) is 9.62. The fourth-order valence-corrected chi connectivity index (χ4v) is 4.88. The van der Waals surface area contributed by atoms with E-state index in [0.29, 0.717) is 21.1 Å². The van der Waals surface area contributed by atoms with Crippen molar-refractivity contribution in [2.75, 3.05) is 6.61 Å². The van der Waals surface area contributed by atoms with Crippen LogP contribution in [0.4, 0.5) is 0 Å². The van der Waals surface area contributed by atoms with Gasteiger partial charge in [0, 0.05) is 0 Å². The van der Waals surface area contributed by atoms with Crippen LogP contribution in [-0.4, -0.2) is 32.7 Å². The normalized spacial score (nSPS) is 25.6. The van der Waals surface area contributed by atoms with E-state index in [-0.39, 0.29) is 0 Å². The maximum absolute atomic E-state index is 5.87. The number of hydrogen-bond donors (Lipinski definition) is 0. The predicted molar refractivity (Wildman–Crippen MR) is 67.3 cm³/mol. The maximum atomic E-state index is 5.87. The van der Waals surface area contributed by atoms with E-state index >= 15 is 0 Å². The Hall–Kier alpha value is -0.371. The van der Waals surface area contributed by atoms with Gasteiger partial charge < -0.3 is 0 Å². The molecule has 1 heterocycles. The van der Waals surface area contributed by atoms with Gasteiger partial charge in [-0.1, -0.05) is 0 Å². The summed E-state index contributed by atoms with van der Waals surface area (Å²) < 4.78 is 7.33. The molecule has 2 atom stereocenters. The molecule has 1 fully saturated rings. The minimum absolute atomic E-state index is 0.506. The minimum atomic E-state index is 0.506. The molecule has 0 aromatic carbocycles. The van der Waals surface area contributed by atoms with Crippen molar-refractivity contribution < 1.29 is 4.74 Å². The Kier molecular flexibility index (Phi) is 4.83. The Morgan fingerprint density at radius 2 is 2.06 bits per heavy atom.